The van der Waals surface area contributed by atoms with E-state index in [4.69, 9.17) is 16.3 Å². The number of hydrogen-bond acceptors (Lipinski definition) is 2. The van der Waals surface area contributed by atoms with Gasteiger partial charge in [-0.3, -0.25) is 0 Å². The molecule has 2 aromatic rings. The first-order valence-electron chi connectivity index (χ1n) is 6.68. The van der Waals surface area contributed by atoms with Gasteiger partial charge in [0.1, 0.15) is 17.5 Å². The van der Waals surface area contributed by atoms with Crippen molar-refractivity contribution in [3.63, 3.8) is 0 Å². The zero-order chi connectivity index (χ0) is 14.9. The molecule has 6 heteroatoms. The number of ether oxygens (including phenoxy) is 1. The molecule has 0 radical (unpaired) electrons. The lowest BCUT2D eigenvalue weighted by molar-refractivity contribution is 0.0886. The van der Waals surface area contributed by atoms with Crippen LogP contribution >= 0.6 is 27.5 Å². The summed E-state index contributed by atoms with van der Waals surface area (Å²) in [4.78, 5) is 4.41. The van der Waals surface area contributed by atoms with Gasteiger partial charge in [0.25, 0.3) is 0 Å². The minimum absolute atomic E-state index is 0.505. The molecule has 0 unspecified atom stereocenters. The lowest BCUT2D eigenvalue weighted by Gasteiger charge is -2.16. The number of halogens is 2. The average Bonchev–Trinajstić information content (AvgIpc) is 2.57. The Morgan fingerprint density at radius 3 is 2.70 bits per heavy atom. The van der Waals surface area contributed by atoms with Crippen LogP contribution in [-0.4, -0.2) is 24.2 Å². The monoisotopic (exact) mass is 374 g/mol. The minimum atomic E-state index is -1.05. The third-order valence-corrected chi connectivity index (χ3v) is 6.19. The van der Waals surface area contributed by atoms with E-state index in [1.165, 1.54) is 6.04 Å². The zero-order valence-electron chi connectivity index (χ0n) is 12.3. The fraction of sp³-hybridized carbons (Fsp3) is 0.500. The van der Waals surface area contributed by atoms with E-state index < -0.39 is 8.07 Å². The van der Waals surface area contributed by atoms with Gasteiger partial charge in [0.15, 0.2) is 0 Å². The summed E-state index contributed by atoms with van der Waals surface area (Å²) in [5, 5.41) is 1.58. The normalized spacial score (nSPS) is 12.3. The molecule has 0 fully saturated rings. The van der Waals surface area contributed by atoms with Crippen molar-refractivity contribution in [3.8, 4) is 0 Å². The molecule has 2 heterocycles. The van der Waals surface area contributed by atoms with Gasteiger partial charge < -0.3 is 9.30 Å². The molecule has 0 amide bonds. The van der Waals surface area contributed by atoms with E-state index in [0.29, 0.717) is 11.9 Å². The van der Waals surface area contributed by atoms with E-state index in [1.54, 1.807) is 0 Å². The van der Waals surface area contributed by atoms with Crippen molar-refractivity contribution in [2.45, 2.75) is 39.3 Å². The average molecular weight is 376 g/mol. The van der Waals surface area contributed by atoms with Gasteiger partial charge in [0.2, 0.25) is 0 Å². The van der Waals surface area contributed by atoms with Crippen molar-refractivity contribution in [1.82, 2.24) is 9.55 Å². The van der Waals surface area contributed by atoms with E-state index in [9.17, 15) is 0 Å². The van der Waals surface area contributed by atoms with Crippen LogP contribution < -0.4 is 0 Å². The lowest BCUT2D eigenvalue weighted by Crippen LogP contribution is -2.22. The van der Waals surface area contributed by atoms with Crippen LogP contribution in [0.5, 0.6) is 0 Å². The zero-order valence-corrected chi connectivity index (χ0v) is 15.7. The number of aromatic nitrogens is 2. The SMILES string of the molecule is Cc1c(Br)c2ccc(Cl)nc2n1COCC[Si](C)(C)C. The van der Waals surface area contributed by atoms with Crippen LogP contribution in [-0.2, 0) is 11.5 Å². The predicted octanol–water partition coefficient (Wildman–Crippen LogP) is 5.07. The highest BCUT2D eigenvalue weighted by atomic mass is 79.9. The summed E-state index contributed by atoms with van der Waals surface area (Å²) in [7, 11) is -1.05. The van der Waals surface area contributed by atoms with Crippen LogP contribution in [0.3, 0.4) is 0 Å². The highest BCUT2D eigenvalue weighted by Gasteiger charge is 2.15. The molecule has 0 N–H and O–H groups in total. The Kier molecular flexibility index (Phi) is 4.95. The lowest BCUT2D eigenvalue weighted by atomic mass is 10.3. The highest BCUT2D eigenvalue weighted by Crippen LogP contribution is 2.30. The second-order valence-corrected chi connectivity index (χ2v) is 13.0. The molecule has 0 spiro atoms. The van der Waals surface area contributed by atoms with Gasteiger partial charge in [0, 0.05) is 30.2 Å². The first-order valence-corrected chi connectivity index (χ1v) is 11.6. The summed E-state index contributed by atoms with van der Waals surface area (Å²) in [5.41, 5.74) is 1.98. The summed E-state index contributed by atoms with van der Waals surface area (Å²) >= 11 is 9.61. The Hall–Kier alpha value is -0.363. The van der Waals surface area contributed by atoms with E-state index in [0.717, 1.165) is 27.8 Å². The van der Waals surface area contributed by atoms with Gasteiger partial charge in [-0.1, -0.05) is 31.2 Å². The molecule has 20 heavy (non-hydrogen) atoms. The summed E-state index contributed by atoms with van der Waals surface area (Å²) < 4.78 is 8.96. The van der Waals surface area contributed by atoms with Gasteiger partial charge in [0.05, 0.1) is 0 Å². The van der Waals surface area contributed by atoms with Crippen molar-refractivity contribution in [1.29, 1.82) is 0 Å². The fourth-order valence-corrected chi connectivity index (χ4v) is 3.39. The van der Waals surface area contributed by atoms with Crippen molar-refractivity contribution in [3.05, 3.63) is 27.5 Å². The quantitative estimate of drug-likeness (QED) is 0.414. The highest BCUT2D eigenvalue weighted by molar-refractivity contribution is 9.10. The molecule has 0 aromatic carbocycles. The molecule has 2 aromatic heterocycles. The predicted molar refractivity (Wildman–Crippen MR) is 91.3 cm³/mol. The molecule has 0 aliphatic rings. The van der Waals surface area contributed by atoms with E-state index >= 15 is 0 Å². The maximum absolute atomic E-state index is 6.00. The third-order valence-electron chi connectivity index (χ3n) is 3.27. The molecule has 2 rings (SSSR count). The van der Waals surface area contributed by atoms with Gasteiger partial charge in [-0.15, -0.1) is 0 Å². The maximum Gasteiger partial charge on any atom is 0.144 e. The molecular formula is C14H20BrClN2OSi. The van der Waals surface area contributed by atoms with Crippen molar-refractivity contribution >= 4 is 46.6 Å². The first kappa shape index (κ1) is 16.0. The first-order chi connectivity index (χ1) is 9.29. The Morgan fingerprint density at radius 1 is 1.35 bits per heavy atom. The Bertz CT molecular complexity index is 622. The maximum atomic E-state index is 6.00. The second kappa shape index (κ2) is 6.18. The van der Waals surface area contributed by atoms with Crippen LogP contribution in [0, 0.1) is 6.92 Å². The molecule has 0 saturated carbocycles. The molecule has 3 nitrogen and oxygen atoms in total. The van der Waals surface area contributed by atoms with Crippen LogP contribution in [0.2, 0.25) is 30.8 Å². The molecular weight excluding hydrogens is 356 g/mol. The van der Waals surface area contributed by atoms with Gasteiger partial charge in [-0.2, -0.15) is 0 Å². The smallest absolute Gasteiger partial charge is 0.144 e. The largest absolute Gasteiger partial charge is 0.361 e. The number of fused-ring (bicyclic) bond motifs is 1. The van der Waals surface area contributed by atoms with Crippen molar-refractivity contribution in [2.75, 3.05) is 6.61 Å². The molecule has 0 aliphatic heterocycles. The number of rotatable bonds is 5. The van der Waals surface area contributed by atoms with E-state index in [1.807, 2.05) is 12.1 Å². The van der Waals surface area contributed by atoms with Crippen LogP contribution in [0.1, 0.15) is 5.69 Å². The Morgan fingerprint density at radius 2 is 2.05 bits per heavy atom. The summed E-state index contributed by atoms with van der Waals surface area (Å²) in [6.45, 7) is 10.4. The van der Waals surface area contributed by atoms with Gasteiger partial charge >= 0.3 is 0 Å². The third kappa shape index (κ3) is 3.64. The number of hydrogen-bond donors (Lipinski definition) is 0. The molecule has 110 valence electrons. The summed E-state index contributed by atoms with van der Waals surface area (Å²) in [6, 6.07) is 4.96. The Balaban J connectivity index is 2.17. The second-order valence-electron chi connectivity index (χ2n) is 6.18. The van der Waals surface area contributed by atoms with Gasteiger partial charge in [-0.25, -0.2) is 4.98 Å². The van der Waals surface area contributed by atoms with Crippen molar-refractivity contribution < 1.29 is 4.74 Å². The van der Waals surface area contributed by atoms with Crippen molar-refractivity contribution in [2.24, 2.45) is 0 Å². The van der Waals surface area contributed by atoms with E-state index in [-0.39, 0.29) is 0 Å². The van der Waals surface area contributed by atoms with Gasteiger partial charge in [-0.05, 0) is 41.0 Å². The molecule has 0 atom stereocenters. The van der Waals surface area contributed by atoms with E-state index in [2.05, 4.69) is 52.0 Å². The summed E-state index contributed by atoms with van der Waals surface area (Å²) in [6.07, 6.45) is 0. The Labute approximate surface area is 134 Å². The molecule has 0 bridgehead atoms. The topological polar surface area (TPSA) is 27.1 Å². The van der Waals surface area contributed by atoms with Crippen LogP contribution in [0.15, 0.2) is 16.6 Å². The number of nitrogens with zero attached hydrogens (tertiary/aromatic N) is 2. The number of pyridine rings is 1. The van der Waals surface area contributed by atoms with Crippen LogP contribution in [0.25, 0.3) is 11.0 Å². The standard InChI is InChI=1S/C14H20BrClN2OSi/c1-10-13(15)11-5-6-12(16)17-14(11)18(10)9-19-7-8-20(2,3)4/h5-6H,7-9H2,1-4H3. The fourth-order valence-electron chi connectivity index (χ4n) is 1.97. The minimum Gasteiger partial charge on any atom is -0.361 e. The summed E-state index contributed by atoms with van der Waals surface area (Å²) in [5.74, 6) is 0. The molecule has 0 saturated heterocycles. The van der Waals surface area contributed by atoms with Crippen LogP contribution in [0.4, 0.5) is 0 Å². The molecule has 0 aliphatic carbocycles.